The van der Waals surface area contributed by atoms with E-state index in [-0.39, 0.29) is 31.0 Å². The molecule has 0 saturated heterocycles. The number of hydrogen-bond acceptors (Lipinski definition) is 5. The standard InChI is InChI=1S/C19H17NO4/c1-2-24-18(23)19(12-16(21)13-7-4-3-5-8-13)11-15-14(17(19)22)9-6-10-20-15/h3-10H,2,11-12H2,1H3. The third-order valence-electron chi connectivity index (χ3n) is 4.26. The van der Waals surface area contributed by atoms with Gasteiger partial charge in [-0.15, -0.1) is 0 Å². The van der Waals surface area contributed by atoms with Gasteiger partial charge in [0.1, 0.15) is 5.41 Å². The van der Waals surface area contributed by atoms with Gasteiger partial charge in [-0.25, -0.2) is 0 Å². The molecule has 1 aromatic heterocycles. The molecule has 0 radical (unpaired) electrons. The molecule has 1 atom stereocenters. The van der Waals surface area contributed by atoms with Gasteiger partial charge in [0.25, 0.3) is 0 Å². The van der Waals surface area contributed by atoms with Crippen molar-refractivity contribution >= 4 is 17.5 Å². The van der Waals surface area contributed by atoms with Crippen LogP contribution in [0.25, 0.3) is 0 Å². The molecule has 0 N–H and O–H groups in total. The van der Waals surface area contributed by atoms with E-state index in [0.29, 0.717) is 16.8 Å². The first-order chi connectivity index (χ1) is 11.6. The summed E-state index contributed by atoms with van der Waals surface area (Å²) in [4.78, 5) is 42.3. The molecule has 3 rings (SSSR count). The van der Waals surface area contributed by atoms with E-state index < -0.39 is 11.4 Å². The summed E-state index contributed by atoms with van der Waals surface area (Å²) < 4.78 is 5.13. The number of ether oxygens (including phenoxy) is 1. The van der Waals surface area contributed by atoms with Crippen LogP contribution in [0.1, 0.15) is 39.8 Å². The summed E-state index contributed by atoms with van der Waals surface area (Å²) in [6.45, 7) is 1.83. The summed E-state index contributed by atoms with van der Waals surface area (Å²) in [6, 6.07) is 11.9. The van der Waals surface area contributed by atoms with Gasteiger partial charge in [-0.3, -0.25) is 19.4 Å². The second-order valence-corrected chi connectivity index (χ2v) is 5.77. The average molecular weight is 323 g/mol. The van der Waals surface area contributed by atoms with Crippen LogP contribution >= 0.6 is 0 Å². The van der Waals surface area contributed by atoms with Gasteiger partial charge >= 0.3 is 5.97 Å². The van der Waals surface area contributed by atoms with Gasteiger partial charge < -0.3 is 4.74 Å². The second-order valence-electron chi connectivity index (χ2n) is 5.77. The van der Waals surface area contributed by atoms with E-state index in [1.54, 1.807) is 55.6 Å². The highest BCUT2D eigenvalue weighted by molar-refractivity contribution is 6.18. The number of ketones is 2. The fourth-order valence-corrected chi connectivity index (χ4v) is 3.06. The van der Waals surface area contributed by atoms with Crippen molar-refractivity contribution in [1.29, 1.82) is 0 Å². The van der Waals surface area contributed by atoms with Crippen molar-refractivity contribution < 1.29 is 19.1 Å². The van der Waals surface area contributed by atoms with Crippen LogP contribution in [0, 0.1) is 5.41 Å². The Kier molecular flexibility index (Phi) is 4.25. The highest BCUT2D eigenvalue weighted by Gasteiger charge is 2.54. The predicted molar refractivity (Wildman–Crippen MR) is 86.7 cm³/mol. The molecular weight excluding hydrogens is 306 g/mol. The van der Waals surface area contributed by atoms with E-state index in [1.165, 1.54) is 0 Å². The van der Waals surface area contributed by atoms with Crippen molar-refractivity contribution in [2.45, 2.75) is 19.8 Å². The number of Topliss-reactive ketones (excluding diaryl/α,β-unsaturated/α-hetero) is 2. The van der Waals surface area contributed by atoms with Gasteiger partial charge in [-0.05, 0) is 19.1 Å². The van der Waals surface area contributed by atoms with Crippen LogP contribution in [0.2, 0.25) is 0 Å². The minimum Gasteiger partial charge on any atom is -0.465 e. The maximum atomic E-state index is 12.9. The van der Waals surface area contributed by atoms with Crippen LogP contribution in [-0.4, -0.2) is 29.1 Å². The van der Waals surface area contributed by atoms with Gasteiger partial charge in [0.15, 0.2) is 11.6 Å². The minimum absolute atomic E-state index is 0.0966. The lowest BCUT2D eigenvalue weighted by Crippen LogP contribution is -2.40. The molecule has 0 saturated carbocycles. The Morgan fingerprint density at radius 1 is 1.17 bits per heavy atom. The smallest absolute Gasteiger partial charge is 0.320 e. The van der Waals surface area contributed by atoms with Gasteiger partial charge in [0.05, 0.1) is 12.3 Å². The fourth-order valence-electron chi connectivity index (χ4n) is 3.06. The van der Waals surface area contributed by atoms with E-state index in [1.807, 2.05) is 0 Å². The Bertz CT molecular complexity index is 800. The predicted octanol–water partition coefficient (Wildman–Crippen LogP) is 2.64. The number of rotatable bonds is 5. The SMILES string of the molecule is CCOC(=O)C1(CC(=O)c2ccccc2)Cc2ncccc2C1=O. The lowest BCUT2D eigenvalue weighted by atomic mass is 9.78. The molecule has 5 nitrogen and oxygen atoms in total. The van der Waals surface area contributed by atoms with Gasteiger partial charge in [-0.2, -0.15) is 0 Å². The highest BCUT2D eigenvalue weighted by atomic mass is 16.5. The molecule has 0 amide bonds. The summed E-state index contributed by atoms with van der Waals surface area (Å²) in [5, 5.41) is 0. The van der Waals surface area contributed by atoms with Gasteiger partial charge in [0.2, 0.25) is 0 Å². The average Bonchev–Trinajstić information content (AvgIpc) is 2.89. The van der Waals surface area contributed by atoms with Crippen molar-refractivity contribution in [3.8, 4) is 0 Å². The van der Waals surface area contributed by atoms with Crippen molar-refractivity contribution in [3.63, 3.8) is 0 Å². The number of fused-ring (bicyclic) bond motifs is 1. The molecule has 1 aromatic carbocycles. The Labute approximate surface area is 139 Å². The quantitative estimate of drug-likeness (QED) is 0.480. The molecule has 1 heterocycles. The van der Waals surface area contributed by atoms with E-state index >= 15 is 0 Å². The van der Waals surface area contributed by atoms with Crippen molar-refractivity contribution in [2.75, 3.05) is 6.61 Å². The molecule has 24 heavy (non-hydrogen) atoms. The van der Waals surface area contributed by atoms with Crippen LogP contribution in [-0.2, 0) is 16.0 Å². The number of hydrogen-bond donors (Lipinski definition) is 0. The summed E-state index contributed by atoms with van der Waals surface area (Å²) in [5.41, 5.74) is -0.111. The third-order valence-corrected chi connectivity index (χ3v) is 4.26. The van der Waals surface area contributed by atoms with Crippen LogP contribution in [0.3, 0.4) is 0 Å². The van der Waals surface area contributed by atoms with E-state index in [0.717, 1.165) is 0 Å². The van der Waals surface area contributed by atoms with Crippen LogP contribution in [0.15, 0.2) is 48.7 Å². The maximum absolute atomic E-state index is 12.9. The highest BCUT2D eigenvalue weighted by Crippen LogP contribution is 2.40. The lowest BCUT2D eigenvalue weighted by molar-refractivity contribution is -0.152. The Morgan fingerprint density at radius 3 is 2.58 bits per heavy atom. The first-order valence-electron chi connectivity index (χ1n) is 7.82. The van der Waals surface area contributed by atoms with Crippen molar-refractivity contribution in [1.82, 2.24) is 4.98 Å². The number of carbonyl (C=O) groups excluding carboxylic acids is 3. The van der Waals surface area contributed by atoms with Crippen LogP contribution in [0.4, 0.5) is 0 Å². The minimum atomic E-state index is -1.51. The Balaban J connectivity index is 1.98. The topological polar surface area (TPSA) is 73.3 Å². The summed E-state index contributed by atoms with van der Waals surface area (Å²) in [6.07, 6.45) is 1.46. The van der Waals surface area contributed by atoms with Crippen LogP contribution < -0.4 is 0 Å². The molecule has 1 aliphatic carbocycles. The maximum Gasteiger partial charge on any atom is 0.320 e. The van der Waals surface area contributed by atoms with E-state index in [9.17, 15) is 14.4 Å². The normalized spacial score (nSPS) is 19.0. The first-order valence-corrected chi connectivity index (χ1v) is 7.82. The number of pyridine rings is 1. The number of benzene rings is 1. The molecule has 0 spiro atoms. The summed E-state index contributed by atoms with van der Waals surface area (Å²) in [5.74, 6) is -1.30. The number of nitrogens with zero attached hydrogens (tertiary/aromatic N) is 1. The van der Waals surface area contributed by atoms with Gasteiger partial charge in [0, 0.05) is 30.2 Å². The summed E-state index contributed by atoms with van der Waals surface area (Å²) >= 11 is 0. The van der Waals surface area contributed by atoms with Crippen molar-refractivity contribution in [2.24, 2.45) is 5.41 Å². The summed E-state index contributed by atoms with van der Waals surface area (Å²) in [7, 11) is 0. The largest absolute Gasteiger partial charge is 0.465 e. The first kappa shape index (κ1) is 16.1. The second kappa shape index (κ2) is 6.35. The molecule has 1 unspecified atom stereocenters. The zero-order valence-electron chi connectivity index (χ0n) is 13.3. The molecule has 1 aliphatic rings. The van der Waals surface area contributed by atoms with Crippen molar-refractivity contribution in [3.05, 3.63) is 65.5 Å². The molecular formula is C19H17NO4. The molecule has 122 valence electrons. The zero-order valence-corrected chi connectivity index (χ0v) is 13.3. The molecule has 0 bridgehead atoms. The Hall–Kier alpha value is -2.82. The van der Waals surface area contributed by atoms with E-state index in [2.05, 4.69) is 4.98 Å². The monoisotopic (exact) mass is 323 g/mol. The third kappa shape index (κ3) is 2.62. The van der Waals surface area contributed by atoms with Crippen LogP contribution in [0.5, 0.6) is 0 Å². The molecule has 5 heteroatoms. The van der Waals surface area contributed by atoms with Gasteiger partial charge in [-0.1, -0.05) is 30.3 Å². The zero-order chi connectivity index (χ0) is 17.2. The number of esters is 1. The Morgan fingerprint density at radius 2 is 1.92 bits per heavy atom. The van der Waals surface area contributed by atoms with E-state index in [4.69, 9.17) is 4.74 Å². The lowest BCUT2D eigenvalue weighted by Gasteiger charge is -2.24. The number of carbonyl (C=O) groups is 3. The number of aromatic nitrogens is 1. The fraction of sp³-hybridized carbons (Fsp3) is 0.263. The molecule has 2 aromatic rings. The molecule has 0 aliphatic heterocycles. The molecule has 0 fully saturated rings.